The fraction of sp³-hybridized carbons (Fsp3) is 0.533. The molecule has 0 bridgehead atoms. The Morgan fingerprint density at radius 1 is 1.20 bits per heavy atom. The van der Waals surface area contributed by atoms with E-state index >= 15 is 0 Å². The summed E-state index contributed by atoms with van der Waals surface area (Å²) in [7, 11) is 0. The Morgan fingerprint density at radius 3 is 2.75 bits per heavy atom. The SMILES string of the molecule is CC1(c2nc3cc4c(cc3[nH]2)OCCCO4)CCNC1. The van der Waals surface area contributed by atoms with Gasteiger partial charge in [0, 0.05) is 30.5 Å². The van der Waals surface area contributed by atoms with E-state index < -0.39 is 0 Å². The van der Waals surface area contributed by atoms with Gasteiger partial charge in [-0.05, 0) is 13.0 Å². The Balaban J connectivity index is 1.80. The van der Waals surface area contributed by atoms with E-state index in [0.29, 0.717) is 13.2 Å². The van der Waals surface area contributed by atoms with Gasteiger partial charge in [-0.1, -0.05) is 6.92 Å². The molecular formula is C15H19N3O2. The van der Waals surface area contributed by atoms with Gasteiger partial charge in [-0.3, -0.25) is 0 Å². The Morgan fingerprint density at radius 2 is 2.00 bits per heavy atom. The maximum absolute atomic E-state index is 5.73. The lowest BCUT2D eigenvalue weighted by Gasteiger charge is -2.18. The minimum Gasteiger partial charge on any atom is -0.489 e. The molecule has 1 aromatic carbocycles. The summed E-state index contributed by atoms with van der Waals surface area (Å²) in [5.74, 6) is 2.68. The normalized spacial score (nSPS) is 25.9. The highest BCUT2D eigenvalue weighted by Gasteiger charge is 2.33. The van der Waals surface area contributed by atoms with Crippen LogP contribution in [0.1, 0.15) is 25.6 Å². The van der Waals surface area contributed by atoms with E-state index in [1.807, 2.05) is 12.1 Å². The predicted octanol–water partition coefficient (Wildman–Crippen LogP) is 1.98. The summed E-state index contributed by atoms with van der Waals surface area (Å²) >= 11 is 0. The molecule has 3 heterocycles. The van der Waals surface area contributed by atoms with Gasteiger partial charge in [-0.25, -0.2) is 4.98 Å². The van der Waals surface area contributed by atoms with Crippen molar-refractivity contribution in [3.8, 4) is 11.5 Å². The lowest BCUT2D eigenvalue weighted by molar-refractivity contribution is 0.297. The highest BCUT2D eigenvalue weighted by molar-refractivity contribution is 5.80. The fourth-order valence-corrected chi connectivity index (χ4v) is 2.97. The van der Waals surface area contributed by atoms with Gasteiger partial charge in [0.1, 0.15) is 5.82 Å². The Hall–Kier alpha value is -1.75. The molecule has 0 amide bonds. The minimum atomic E-state index is 0.0954. The molecule has 4 rings (SSSR count). The van der Waals surface area contributed by atoms with Crippen LogP contribution >= 0.6 is 0 Å². The molecule has 2 aliphatic heterocycles. The second kappa shape index (κ2) is 4.38. The van der Waals surface area contributed by atoms with Crippen molar-refractivity contribution in [1.29, 1.82) is 0 Å². The van der Waals surface area contributed by atoms with Crippen LogP contribution in [0, 0.1) is 0 Å². The highest BCUT2D eigenvalue weighted by atomic mass is 16.5. The monoisotopic (exact) mass is 273 g/mol. The number of hydrogen-bond acceptors (Lipinski definition) is 4. The molecule has 5 nitrogen and oxygen atoms in total. The summed E-state index contributed by atoms with van der Waals surface area (Å²) in [4.78, 5) is 8.24. The fourth-order valence-electron chi connectivity index (χ4n) is 2.97. The van der Waals surface area contributed by atoms with Crippen LogP contribution in [0.2, 0.25) is 0 Å². The van der Waals surface area contributed by atoms with Crippen molar-refractivity contribution in [2.45, 2.75) is 25.2 Å². The zero-order chi connectivity index (χ0) is 13.6. The molecule has 1 aromatic heterocycles. The number of nitrogens with zero attached hydrogens (tertiary/aromatic N) is 1. The number of H-pyrrole nitrogens is 1. The number of ether oxygens (including phenoxy) is 2. The highest BCUT2D eigenvalue weighted by Crippen LogP contribution is 2.35. The van der Waals surface area contributed by atoms with Gasteiger partial charge >= 0.3 is 0 Å². The summed E-state index contributed by atoms with van der Waals surface area (Å²) in [5, 5.41) is 3.41. The lowest BCUT2D eigenvalue weighted by atomic mass is 9.89. The van der Waals surface area contributed by atoms with Gasteiger partial charge < -0.3 is 19.8 Å². The average Bonchev–Trinajstić information content (AvgIpc) is 2.98. The number of aromatic amines is 1. The average molecular weight is 273 g/mol. The summed E-state index contributed by atoms with van der Waals surface area (Å²) in [5.41, 5.74) is 2.08. The van der Waals surface area contributed by atoms with Crippen LogP contribution in [0.25, 0.3) is 11.0 Å². The summed E-state index contributed by atoms with van der Waals surface area (Å²) in [6.45, 7) is 5.69. The second-order valence-electron chi connectivity index (χ2n) is 5.94. The predicted molar refractivity (Wildman–Crippen MR) is 76.5 cm³/mol. The molecule has 1 atom stereocenters. The molecule has 1 fully saturated rings. The van der Waals surface area contributed by atoms with E-state index in [9.17, 15) is 0 Å². The number of hydrogen-bond donors (Lipinski definition) is 2. The maximum Gasteiger partial charge on any atom is 0.163 e. The summed E-state index contributed by atoms with van der Waals surface area (Å²) in [6.07, 6.45) is 2.03. The topological polar surface area (TPSA) is 59.2 Å². The lowest BCUT2D eigenvalue weighted by Crippen LogP contribution is -2.26. The second-order valence-corrected chi connectivity index (χ2v) is 5.94. The minimum absolute atomic E-state index is 0.0954. The van der Waals surface area contributed by atoms with Crippen LogP contribution in [0.5, 0.6) is 11.5 Å². The van der Waals surface area contributed by atoms with Crippen molar-refractivity contribution in [2.75, 3.05) is 26.3 Å². The first-order valence-corrected chi connectivity index (χ1v) is 7.25. The van der Waals surface area contributed by atoms with Crippen LogP contribution in [0.4, 0.5) is 0 Å². The van der Waals surface area contributed by atoms with E-state index in [1.54, 1.807) is 0 Å². The van der Waals surface area contributed by atoms with Crippen molar-refractivity contribution in [3.63, 3.8) is 0 Å². The Bertz CT molecular complexity index is 601. The van der Waals surface area contributed by atoms with Crippen LogP contribution in [0.15, 0.2) is 12.1 Å². The number of rotatable bonds is 1. The van der Waals surface area contributed by atoms with Crippen LogP contribution < -0.4 is 14.8 Å². The molecule has 106 valence electrons. The van der Waals surface area contributed by atoms with Gasteiger partial charge in [0.15, 0.2) is 11.5 Å². The van der Waals surface area contributed by atoms with Gasteiger partial charge in [-0.15, -0.1) is 0 Å². The third kappa shape index (κ3) is 1.85. The number of aromatic nitrogens is 2. The molecule has 0 spiro atoms. The summed E-state index contributed by atoms with van der Waals surface area (Å²) < 4.78 is 11.5. The van der Waals surface area contributed by atoms with Gasteiger partial charge in [-0.2, -0.15) is 0 Å². The van der Waals surface area contributed by atoms with E-state index in [-0.39, 0.29) is 5.41 Å². The molecule has 1 unspecified atom stereocenters. The van der Waals surface area contributed by atoms with Gasteiger partial charge in [0.25, 0.3) is 0 Å². The Kier molecular flexibility index (Phi) is 2.63. The van der Waals surface area contributed by atoms with Crippen LogP contribution in [0.3, 0.4) is 0 Å². The van der Waals surface area contributed by atoms with Crippen molar-refractivity contribution in [2.24, 2.45) is 0 Å². The Labute approximate surface area is 117 Å². The number of fused-ring (bicyclic) bond motifs is 2. The van der Waals surface area contributed by atoms with E-state index in [0.717, 1.165) is 54.3 Å². The zero-order valence-electron chi connectivity index (χ0n) is 11.7. The molecule has 0 radical (unpaired) electrons. The molecule has 0 aliphatic carbocycles. The maximum atomic E-state index is 5.73. The third-order valence-electron chi connectivity index (χ3n) is 4.29. The number of nitrogens with one attached hydrogen (secondary N) is 2. The van der Waals surface area contributed by atoms with Crippen LogP contribution in [-0.2, 0) is 5.41 Å². The van der Waals surface area contributed by atoms with Crippen LogP contribution in [-0.4, -0.2) is 36.3 Å². The zero-order valence-corrected chi connectivity index (χ0v) is 11.7. The molecule has 0 saturated carbocycles. The van der Waals surface area contributed by atoms with Crippen molar-refractivity contribution >= 4 is 11.0 Å². The molecular weight excluding hydrogens is 254 g/mol. The van der Waals surface area contributed by atoms with E-state index in [2.05, 4.69) is 17.2 Å². The van der Waals surface area contributed by atoms with Gasteiger partial charge in [0.2, 0.25) is 0 Å². The standard InChI is InChI=1S/C15H19N3O2/c1-15(3-4-16-9-15)14-17-10-7-12-13(8-11(10)18-14)20-6-2-5-19-12/h7-8,16H,2-6,9H2,1H3,(H,17,18). The molecule has 5 heteroatoms. The van der Waals surface area contributed by atoms with Crippen molar-refractivity contribution in [1.82, 2.24) is 15.3 Å². The molecule has 2 aromatic rings. The largest absolute Gasteiger partial charge is 0.489 e. The first kappa shape index (κ1) is 12.0. The summed E-state index contributed by atoms with van der Waals surface area (Å²) in [6, 6.07) is 4.00. The molecule has 2 N–H and O–H groups in total. The first-order chi connectivity index (χ1) is 9.74. The number of imidazole rings is 1. The first-order valence-electron chi connectivity index (χ1n) is 7.25. The van der Waals surface area contributed by atoms with Crippen molar-refractivity contribution in [3.05, 3.63) is 18.0 Å². The van der Waals surface area contributed by atoms with E-state index in [4.69, 9.17) is 14.5 Å². The van der Waals surface area contributed by atoms with Crippen molar-refractivity contribution < 1.29 is 9.47 Å². The quantitative estimate of drug-likeness (QED) is 0.834. The van der Waals surface area contributed by atoms with Gasteiger partial charge in [0.05, 0.1) is 24.2 Å². The molecule has 2 aliphatic rings. The third-order valence-corrected chi connectivity index (χ3v) is 4.29. The smallest absolute Gasteiger partial charge is 0.163 e. The molecule has 20 heavy (non-hydrogen) atoms. The molecule has 1 saturated heterocycles. The van der Waals surface area contributed by atoms with E-state index in [1.165, 1.54) is 0 Å². The number of benzene rings is 1.